The molecule has 0 aromatic carbocycles. The zero-order chi connectivity index (χ0) is 9.94. The molecule has 0 aliphatic rings. The molecule has 0 aliphatic heterocycles. The van der Waals surface area contributed by atoms with Gasteiger partial charge in [0, 0.05) is 0 Å². The fraction of sp³-hybridized carbons (Fsp3) is 1.00. The SMILES string of the molecule is O=[N+]([O-])C(CO)([N+](=O)[O-])[N+](=O)[O-]. The van der Waals surface area contributed by atoms with Crippen molar-refractivity contribution in [2.75, 3.05) is 6.61 Å². The van der Waals surface area contributed by atoms with E-state index in [4.69, 9.17) is 5.11 Å². The van der Waals surface area contributed by atoms with E-state index in [1.807, 2.05) is 0 Å². The molecule has 0 radical (unpaired) electrons. The summed E-state index contributed by atoms with van der Waals surface area (Å²) in [7, 11) is 0. The molecule has 0 rings (SSSR count). The van der Waals surface area contributed by atoms with Crippen LogP contribution in [0.3, 0.4) is 0 Å². The van der Waals surface area contributed by atoms with Gasteiger partial charge in [-0.15, -0.1) is 0 Å². The summed E-state index contributed by atoms with van der Waals surface area (Å²) in [5.74, 6) is -3.74. The van der Waals surface area contributed by atoms with Crippen molar-refractivity contribution in [3.8, 4) is 0 Å². The van der Waals surface area contributed by atoms with Crippen molar-refractivity contribution in [1.82, 2.24) is 0 Å². The molecule has 0 aromatic heterocycles. The maximum absolute atomic E-state index is 9.90. The highest BCUT2D eigenvalue weighted by Gasteiger charge is 2.70. The Hall–Kier alpha value is -1.84. The highest BCUT2D eigenvalue weighted by atomic mass is 16.7. The molecule has 1 N–H and O–H groups in total. The molecule has 0 atom stereocenters. The minimum Gasteiger partial charge on any atom is -0.376 e. The Morgan fingerprint density at radius 2 is 1.25 bits per heavy atom. The Kier molecular flexibility index (Phi) is 2.58. The summed E-state index contributed by atoms with van der Waals surface area (Å²) in [5.41, 5.74) is 0. The van der Waals surface area contributed by atoms with E-state index < -0.39 is 27.2 Å². The van der Waals surface area contributed by atoms with Crippen LogP contribution in [0.2, 0.25) is 0 Å². The lowest BCUT2D eigenvalue weighted by molar-refractivity contribution is -0.970. The van der Waals surface area contributed by atoms with E-state index in [1.54, 1.807) is 0 Å². The standard InChI is InChI=1S/C2H3N3O7/c6-1-2(3(7)8,4(9)10)5(11)12/h6H,1H2. The Labute approximate surface area is 63.9 Å². The second-order valence-electron chi connectivity index (χ2n) is 1.70. The molecule has 0 fully saturated rings. The van der Waals surface area contributed by atoms with E-state index in [0.29, 0.717) is 0 Å². The fourth-order valence-corrected chi connectivity index (χ4v) is 0.373. The van der Waals surface area contributed by atoms with Gasteiger partial charge in [-0.05, 0) is 0 Å². The normalized spacial score (nSPS) is 10.8. The van der Waals surface area contributed by atoms with Gasteiger partial charge in [-0.25, -0.2) is 0 Å². The van der Waals surface area contributed by atoms with Gasteiger partial charge in [0.1, 0.15) is 0 Å². The summed E-state index contributed by atoms with van der Waals surface area (Å²) in [6.07, 6.45) is 0. The first-order chi connectivity index (χ1) is 5.39. The maximum Gasteiger partial charge on any atom is 0.723 e. The predicted octanol–water partition coefficient (Wildman–Crippen LogP) is -1.54. The van der Waals surface area contributed by atoms with Crippen LogP contribution >= 0.6 is 0 Å². The van der Waals surface area contributed by atoms with Crippen LogP contribution in [0.1, 0.15) is 0 Å². The molecule has 0 spiro atoms. The van der Waals surface area contributed by atoms with Gasteiger partial charge in [0.2, 0.25) is 0 Å². The van der Waals surface area contributed by atoms with Crippen molar-refractivity contribution in [3.63, 3.8) is 0 Å². The molecule has 0 saturated carbocycles. The molecule has 0 heterocycles. The molecule has 0 aromatic rings. The largest absolute Gasteiger partial charge is 0.723 e. The molecule has 10 heteroatoms. The minimum absolute atomic E-state index is 1.76. The number of hydrogen-bond donors (Lipinski definition) is 1. The minimum atomic E-state index is -3.74. The van der Waals surface area contributed by atoms with Crippen molar-refractivity contribution < 1.29 is 19.9 Å². The van der Waals surface area contributed by atoms with Gasteiger partial charge in [-0.1, -0.05) is 0 Å². The number of nitrogens with zero attached hydrogens (tertiary/aromatic N) is 3. The second kappa shape index (κ2) is 3.04. The summed E-state index contributed by atoms with van der Waals surface area (Å²) < 4.78 is 0. The van der Waals surface area contributed by atoms with Crippen molar-refractivity contribution in [3.05, 3.63) is 30.3 Å². The van der Waals surface area contributed by atoms with Crippen molar-refractivity contribution in [1.29, 1.82) is 0 Å². The summed E-state index contributed by atoms with van der Waals surface area (Å²) in [6.45, 7) is -1.79. The van der Waals surface area contributed by atoms with Crippen LogP contribution in [0.5, 0.6) is 0 Å². The molecule has 0 saturated heterocycles. The average Bonchev–Trinajstić information content (AvgIpc) is 1.86. The van der Waals surface area contributed by atoms with E-state index in [1.165, 1.54) is 0 Å². The smallest absolute Gasteiger partial charge is 0.376 e. The van der Waals surface area contributed by atoms with Crippen LogP contribution in [-0.2, 0) is 0 Å². The van der Waals surface area contributed by atoms with Crippen LogP contribution < -0.4 is 0 Å². The maximum atomic E-state index is 9.90. The van der Waals surface area contributed by atoms with Crippen molar-refractivity contribution in [2.45, 2.75) is 5.79 Å². The summed E-state index contributed by atoms with van der Waals surface area (Å²) in [6, 6.07) is 0. The lowest BCUT2D eigenvalue weighted by Gasteiger charge is -2.04. The predicted molar refractivity (Wildman–Crippen MR) is 30.8 cm³/mol. The lowest BCUT2D eigenvalue weighted by Crippen LogP contribution is -2.56. The van der Waals surface area contributed by atoms with Crippen LogP contribution in [0.25, 0.3) is 0 Å². The average molecular weight is 181 g/mol. The zero-order valence-electron chi connectivity index (χ0n) is 5.45. The third-order valence-electron chi connectivity index (χ3n) is 1.09. The lowest BCUT2D eigenvalue weighted by atomic mass is 10.4. The van der Waals surface area contributed by atoms with Crippen LogP contribution in [0.4, 0.5) is 0 Å². The number of aliphatic hydroxyl groups excluding tert-OH is 1. The van der Waals surface area contributed by atoms with Gasteiger partial charge < -0.3 is 5.11 Å². The van der Waals surface area contributed by atoms with Crippen LogP contribution in [0.15, 0.2) is 0 Å². The zero-order valence-corrected chi connectivity index (χ0v) is 5.45. The molecule has 0 bridgehead atoms. The highest BCUT2D eigenvalue weighted by Crippen LogP contribution is 2.10. The van der Waals surface area contributed by atoms with Crippen molar-refractivity contribution in [2.24, 2.45) is 0 Å². The highest BCUT2D eigenvalue weighted by molar-refractivity contribution is 4.48. The summed E-state index contributed by atoms with van der Waals surface area (Å²) in [5, 5.41) is 37.9. The Bertz CT molecular complexity index is 199. The second-order valence-corrected chi connectivity index (χ2v) is 1.70. The van der Waals surface area contributed by atoms with E-state index in [-0.39, 0.29) is 0 Å². The van der Waals surface area contributed by atoms with Gasteiger partial charge in [0.05, 0.1) is 0 Å². The first-order valence-corrected chi connectivity index (χ1v) is 2.44. The summed E-state index contributed by atoms with van der Waals surface area (Å²) >= 11 is 0. The topological polar surface area (TPSA) is 150 Å². The fourth-order valence-electron chi connectivity index (χ4n) is 0.373. The molecule has 0 aliphatic carbocycles. The molecule has 0 unspecified atom stereocenters. The van der Waals surface area contributed by atoms with E-state index in [9.17, 15) is 30.3 Å². The van der Waals surface area contributed by atoms with Gasteiger partial charge >= 0.3 is 5.79 Å². The monoisotopic (exact) mass is 181 g/mol. The molecule has 0 amide bonds. The number of aliphatic hydroxyl groups is 1. The third-order valence-corrected chi connectivity index (χ3v) is 1.09. The van der Waals surface area contributed by atoms with Gasteiger partial charge in [0.15, 0.2) is 14.8 Å². The third kappa shape index (κ3) is 1.14. The molecular formula is C2H3N3O7. The van der Waals surface area contributed by atoms with E-state index >= 15 is 0 Å². The van der Waals surface area contributed by atoms with Crippen molar-refractivity contribution >= 4 is 0 Å². The van der Waals surface area contributed by atoms with Gasteiger partial charge in [-0.3, -0.25) is 30.3 Å². The first-order valence-electron chi connectivity index (χ1n) is 2.44. The number of nitro groups is 3. The number of rotatable bonds is 4. The Morgan fingerprint density at radius 1 is 1.00 bits per heavy atom. The Morgan fingerprint density at radius 3 is 1.25 bits per heavy atom. The van der Waals surface area contributed by atoms with Gasteiger partial charge in [0.25, 0.3) is 6.61 Å². The van der Waals surface area contributed by atoms with E-state index in [2.05, 4.69) is 0 Å². The van der Waals surface area contributed by atoms with Crippen LogP contribution in [0, 0.1) is 30.3 Å². The molecular weight excluding hydrogens is 178 g/mol. The summed E-state index contributed by atoms with van der Waals surface area (Å²) in [4.78, 5) is 24.4. The first kappa shape index (κ1) is 10.2. The Balaban J connectivity index is 5.19. The van der Waals surface area contributed by atoms with Gasteiger partial charge in [-0.2, -0.15) is 0 Å². The quantitative estimate of drug-likeness (QED) is 0.313. The molecule has 12 heavy (non-hydrogen) atoms. The number of hydrogen-bond acceptors (Lipinski definition) is 7. The molecule has 10 nitrogen and oxygen atoms in total. The molecule has 68 valence electrons. The van der Waals surface area contributed by atoms with E-state index in [0.717, 1.165) is 0 Å². The van der Waals surface area contributed by atoms with Crippen LogP contribution in [-0.4, -0.2) is 32.3 Å².